The molecule has 2 aromatic carbocycles. The normalized spacial score (nSPS) is 16.4. The van der Waals surface area contributed by atoms with Crippen LogP contribution in [0.5, 0.6) is 0 Å². The molecule has 0 heterocycles. The van der Waals surface area contributed by atoms with Gasteiger partial charge in [-0.2, -0.15) is 13.2 Å². The summed E-state index contributed by atoms with van der Waals surface area (Å²) in [5, 5.41) is 2.91. The Labute approximate surface area is 166 Å². The highest BCUT2D eigenvalue weighted by Gasteiger charge is 2.39. The molecule has 2 amide bonds. The van der Waals surface area contributed by atoms with Gasteiger partial charge < -0.3 is 10.2 Å². The number of carbonyl (C=O) groups is 2. The van der Waals surface area contributed by atoms with Gasteiger partial charge in [-0.15, -0.1) is 0 Å². The minimum atomic E-state index is -4.59. The number of benzene rings is 2. The fraction of sp³-hybridized carbons (Fsp3) is 0.364. The molecule has 0 unspecified atom stereocenters. The first-order valence-corrected chi connectivity index (χ1v) is 9.70. The number of halogens is 3. The largest absolute Gasteiger partial charge is 0.417 e. The first kappa shape index (κ1) is 19.5. The number of hydrogen-bond acceptors (Lipinski definition) is 2. The highest BCUT2D eigenvalue weighted by atomic mass is 19.4. The van der Waals surface area contributed by atoms with E-state index in [0.29, 0.717) is 5.56 Å². The maximum Gasteiger partial charge on any atom is 0.417 e. The summed E-state index contributed by atoms with van der Waals surface area (Å²) >= 11 is 0. The Bertz CT molecular complexity index is 916. The molecule has 29 heavy (non-hydrogen) atoms. The number of hydrogen-bond donors (Lipinski definition) is 1. The Hall–Kier alpha value is -2.83. The molecule has 0 atom stereocenters. The van der Waals surface area contributed by atoms with Crippen LogP contribution in [0.2, 0.25) is 0 Å². The molecular weight excluding hydrogens is 381 g/mol. The van der Waals surface area contributed by atoms with Gasteiger partial charge in [-0.3, -0.25) is 9.59 Å². The molecule has 0 spiro atoms. The molecule has 0 saturated heterocycles. The predicted octanol–water partition coefficient (Wildman–Crippen LogP) is 4.40. The summed E-state index contributed by atoms with van der Waals surface area (Å²) in [4.78, 5) is 26.6. The lowest BCUT2D eigenvalue weighted by Crippen LogP contribution is -2.34. The van der Waals surface area contributed by atoms with E-state index in [-0.39, 0.29) is 30.1 Å². The van der Waals surface area contributed by atoms with Crippen LogP contribution in [0.1, 0.15) is 57.5 Å². The first-order valence-electron chi connectivity index (χ1n) is 9.70. The van der Waals surface area contributed by atoms with Crippen LogP contribution in [0.3, 0.4) is 0 Å². The lowest BCUT2D eigenvalue weighted by molar-refractivity contribution is -0.138. The Kier molecular flexibility index (Phi) is 5.06. The molecule has 4 nitrogen and oxygen atoms in total. The van der Waals surface area contributed by atoms with Crippen LogP contribution in [-0.2, 0) is 12.7 Å². The van der Waals surface area contributed by atoms with Crippen LogP contribution in [0, 0.1) is 0 Å². The Balaban J connectivity index is 1.52. The molecule has 2 aromatic rings. The second kappa shape index (κ2) is 7.54. The summed E-state index contributed by atoms with van der Waals surface area (Å²) in [5.74, 6) is -0.746. The molecule has 0 bridgehead atoms. The summed E-state index contributed by atoms with van der Waals surface area (Å²) in [6.07, 6.45) is -1.02. The smallest absolute Gasteiger partial charge is 0.349 e. The number of rotatable bonds is 6. The van der Waals surface area contributed by atoms with Crippen molar-refractivity contribution in [2.45, 2.75) is 50.5 Å². The van der Waals surface area contributed by atoms with Crippen molar-refractivity contribution in [3.05, 3.63) is 70.8 Å². The van der Waals surface area contributed by atoms with E-state index in [1.54, 1.807) is 24.3 Å². The van der Waals surface area contributed by atoms with Gasteiger partial charge >= 0.3 is 6.18 Å². The van der Waals surface area contributed by atoms with E-state index in [1.807, 2.05) is 0 Å². The standard InChI is InChI=1S/C22H21F3N2O2/c23-22(24,25)19-4-2-1-3-18(19)21(29)27(17-11-12-17)13-14-5-7-15(8-6-14)20(28)26-16-9-10-16/h1-8,16-17H,9-13H2,(H,26,28). The van der Waals surface area contributed by atoms with Crippen molar-refractivity contribution < 1.29 is 22.8 Å². The zero-order valence-electron chi connectivity index (χ0n) is 15.7. The lowest BCUT2D eigenvalue weighted by atomic mass is 10.0. The fourth-order valence-corrected chi connectivity index (χ4v) is 3.28. The molecule has 1 N–H and O–H groups in total. The van der Waals surface area contributed by atoms with E-state index < -0.39 is 17.6 Å². The van der Waals surface area contributed by atoms with Gasteiger partial charge in [0.2, 0.25) is 0 Å². The van der Waals surface area contributed by atoms with E-state index >= 15 is 0 Å². The van der Waals surface area contributed by atoms with Gasteiger partial charge in [0.25, 0.3) is 11.8 Å². The van der Waals surface area contributed by atoms with E-state index in [2.05, 4.69) is 5.32 Å². The molecule has 4 rings (SSSR count). The van der Waals surface area contributed by atoms with Gasteiger partial charge in [-0.05, 0) is 55.5 Å². The zero-order chi connectivity index (χ0) is 20.6. The molecule has 0 aromatic heterocycles. The number of alkyl halides is 3. The zero-order valence-corrected chi connectivity index (χ0v) is 15.7. The average Bonchev–Trinajstić information content (AvgIpc) is 3.60. The third-order valence-corrected chi connectivity index (χ3v) is 5.19. The van der Waals surface area contributed by atoms with Crippen LogP contribution in [0.4, 0.5) is 13.2 Å². The van der Waals surface area contributed by atoms with E-state index in [1.165, 1.54) is 23.1 Å². The maximum atomic E-state index is 13.3. The molecule has 2 aliphatic rings. The molecule has 2 saturated carbocycles. The van der Waals surface area contributed by atoms with Gasteiger partial charge in [0, 0.05) is 24.2 Å². The second-order valence-corrected chi connectivity index (χ2v) is 7.65. The highest BCUT2D eigenvalue weighted by Crippen LogP contribution is 2.35. The molecule has 2 aliphatic carbocycles. The molecule has 0 aliphatic heterocycles. The average molecular weight is 402 g/mol. The number of amides is 2. The van der Waals surface area contributed by atoms with Crippen molar-refractivity contribution in [2.24, 2.45) is 0 Å². The molecule has 7 heteroatoms. The minimum absolute atomic E-state index is 0.0540. The van der Waals surface area contributed by atoms with Crippen LogP contribution in [-0.4, -0.2) is 28.8 Å². The van der Waals surface area contributed by atoms with E-state index in [0.717, 1.165) is 37.3 Å². The third-order valence-electron chi connectivity index (χ3n) is 5.19. The van der Waals surface area contributed by atoms with Crippen molar-refractivity contribution in [1.29, 1.82) is 0 Å². The molecule has 2 fully saturated rings. The quantitative estimate of drug-likeness (QED) is 0.779. The van der Waals surface area contributed by atoms with Crippen LogP contribution < -0.4 is 5.32 Å². The summed E-state index contributed by atoms with van der Waals surface area (Å²) in [5.41, 5.74) is 0.0696. The first-order chi connectivity index (χ1) is 13.8. The van der Waals surface area contributed by atoms with E-state index in [9.17, 15) is 22.8 Å². The minimum Gasteiger partial charge on any atom is -0.349 e. The number of carbonyl (C=O) groups excluding carboxylic acids is 2. The Morgan fingerprint density at radius 1 is 0.966 bits per heavy atom. The monoisotopic (exact) mass is 402 g/mol. The van der Waals surface area contributed by atoms with Crippen molar-refractivity contribution in [3.63, 3.8) is 0 Å². The number of nitrogens with one attached hydrogen (secondary N) is 1. The van der Waals surface area contributed by atoms with Crippen LogP contribution in [0.15, 0.2) is 48.5 Å². The number of nitrogens with zero attached hydrogens (tertiary/aromatic N) is 1. The van der Waals surface area contributed by atoms with Gasteiger partial charge in [0.15, 0.2) is 0 Å². The van der Waals surface area contributed by atoms with Crippen LogP contribution in [0.25, 0.3) is 0 Å². The highest BCUT2D eigenvalue weighted by molar-refractivity contribution is 5.96. The third kappa shape index (κ3) is 4.60. The summed E-state index contributed by atoms with van der Waals surface area (Å²) in [7, 11) is 0. The lowest BCUT2D eigenvalue weighted by Gasteiger charge is -2.24. The summed E-state index contributed by atoms with van der Waals surface area (Å²) in [6.45, 7) is 0.209. The Morgan fingerprint density at radius 2 is 1.62 bits per heavy atom. The van der Waals surface area contributed by atoms with E-state index in [4.69, 9.17) is 0 Å². The maximum absolute atomic E-state index is 13.3. The predicted molar refractivity (Wildman–Crippen MR) is 101 cm³/mol. The van der Waals surface area contributed by atoms with Crippen molar-refractivity contribution >= 4 is 11.8 Å². The SMILES string of the molecule is O=C(NC1CC1)c1ccc(CN(C(=O)c2ccccc2C(F)(F)F)C2CC2)cc1. The topological polar surface area (TPSA) is 49.4 Å². The van der Waals surface area contributed by atoms with Crippen LogP contribution >= 0.6 is 0 Å². The van der Waals surface area contributed by atoms with Gasteiger partial charge in [-0.1, -0.05) is 24.3 Å². The van der Waals surface area contributed by atoms with Crippen molar-refractivity contribution in [2.75, 3.05) is 0 Å². The van der Waals surface area contributed by atoms with Crippen molar-refractivity contribution in [1.82, 2.24) is 10.2 Å². The van der Waals surface area contributed by atoms with Gasteiger partial charge in [-0.25, -0.2) is 0 Å². The molecule has 152 valence electrons. The molecular formula is C22H21F3N2O2. The second-order valence-electron chi connectivity index (χ2n) is 7.65. The summed E-state index contributed by atoms with van der Waals surface area (Å²) in [6, 6.07) is 12.0. The van der Waals surface area contributed by atoms with Crippen molar-refractivity contribution in [3.8, 4) is 0 Å². The fourth-order valence-electron chi connectivity index (χ4n) is 3.28. The Morgan fingerprint density at radius 3 is 2.21 bits per heavy atom. The molecule has 0 radical (unpaired) electrons. The summed E-state index contributed by atoms with van der Waals surface area (Å²) < 4.78 is 40.0. The van der Waals surface area contributed by atoms with Gasteiger partial charge in [0.05, 0.1) is 11.1 Å². The van der Waals surface area contributed by atoms with Gasteiger partial charge in [0.1, 0.15) is 0 Å².